The zero-order valence-corrected chi connectivity index (χ0v) is 23.7. The molecular formula is C36H32FN5. The molecule has 5 rings (SSSR count). The smallest absolute Gasteiger partial charge is 0.135 e. The van der Waals surface area contributed by atoms with Crippen molar-refractivity contribution < 1.29 is 4.39 Å². The summed E-state index contributed by atoms with van der Waals surface area (Å²) >= 11 is 0. The number of H-pyrrole nitrogens is 2. The second kappa shape index (κ2) is 12.4. The fourth-order valence-electron chi connectivity index (χ4n) is 4.81. The monoisotopic (exact) mass is 553 g/mol. The number of hydrogen-bond donors (Lipinski definition) is 3. The van der Waals surface area contributed by atoms with Gasteiger partial charge in [0.25, 0.3) is 0 Å². The van der Waals surface area contributed by atoms with E-state index in [4.69, 9.17) is 4.98 Å². The summed E-state index contributed by atoms with van der Waals surface area (Å²) in [5.41, 5.74) is 11.1. The highest BCUT2D eigenvalue weighted by Crippen LogP contribution is 2.33. The number of aryl methyl sites for hydroxylation is 1. The lowest BCUT2D eigenvalue weighted by atomic mass is 9.97. The van der Waals surface area contributed by atoms with E-state index in [1.54, 1.807) is 24.3 Å². The van der Waals surface area contributed by atoms with E-state index in [0.29, 0.717) is 5.69 Å². The highest BCUT2D eigenvalue weighted by molar-refractivity contribution is 5.92. The van der Waals surface area contributed by atoms with Crippen LogP contribution in [0.1, 0.15) is 35.0 Å². The highest BCUT2D eigenvalue weighted by atomic mass is 19.1. The molecule has 0 spiro atoms. The molecule has 0 aliphatic rings. The molecule has 0 saturated carbocycles. The van der Waals surface area contributed by atoms with Gasteiger partial charge in [0.2, 0.25) is 0 Å². The topological polar surface area (TPSA) is 69.4 Å². The summed E-state index contributed by atoms with van der Waals surface area (Å²) in [4.78, 5) is 8.48. The van der Waals surface area contributed by atoms with Crippen molar-refractivity contribution in [2.24, 2.45) is 0 Å². The fraction of sp³-hybridized carbons (Fsp3) is 0.0556. The maximum Gasteiger partial charge on any atom is 0.135 e. The summed E-state index contributed by atoms with van der Waals surface area (Å²) < 4.78 is 13.6. The lowest BCUT2D eigenvalue weighted by Crippen LogP contribution is -2.09. The van der Waals surface area contributed by atoms with Crippen molar-refractivity contribution in [3.05, 3.63) is 163 Å². The Hall–Kier alpha value is -5.49. The number of pyridine rings is 1. The van der Waals surface area contributed by atoms with Crippen LogP contribution in [0.2, 0.25) is 0 Å². The first kappa shape index (κ1) is 28.1. The molecule has 0 saturated heterocycles. The average Bonchev–Trinajstić information content (AvgIpc) is 3.61. The van der Waals surface area contributed by atoms with Gasteiger partial charge in [0.05, 0.1) is 16.9 Å². The van der Waals surface area contributed by atoms with Crippen molar-refractivity contribution in [2.75, 3.05) is 0 Å². The molecular weight excluding hydrogens is 521 g/mol. The van der Waals surface area contributed by atoms with Gasteiger partial charge in [-0.15, -0.1) is 0 Å². The third kappa shape index (κ3) is 5.83. The quantitative estimate of drug-likeness (QED) is 0.151. The van der Waals surface area contributed by atoms with Crippen LogP contribution in [0, 0.1) is 12.7 Å². The summed E-state index contributed by atoms with van der Waals surface area (Å²) in [6, 6.07) is 22.4. The number of hydrogen-bond acceptors (Lipinski definition) is 3. The Morgan fingerprint density at radius 3 is 2.43 bits per heavy atom. The Balaban J connectivity index is 1.49. The molecule has 5 nitrogen and oxygen atoms in total. The van der Waals surface area contributed by atoms with Gasteiger partial charge in [0.1, 0.15) is 17.0 Å². The summed E-state index contributed by atoms with van der Waals surface area (Å²) in [5.74, 6) is -0.277. The van der Waals surface area contributed by atoms with Crippen molar-refractivity contribution in [1.29, 1.82) is 0 Å². The summed E-state index contributed by atoms with van der Waals surface area (Å²) in [7, 11) is 0. The number of halogens is 1. The van der Waals surface area contributed by atoms with E-state index in [0.717, 1.165) is 67.3 Å². The molecule has 42 heavy (non-hydrogen) atoms. The van der Waals surface area contributed by atoms with Gasteiger partial charge in [-0.05, 0) is 78.6 Å². The molecule has 3 N–H and O–H groups in total. The minimum atomic E-state index is -0.277. The van der Waals surface area contributed by atoms with Gasteiger partial charge >= 0.3 is 0 Å². The van der Waals surface area contributed by atoms with Crippen LogP contribution >= 0.6 is 0 Å². The first-order valence-corrected chi connectivity index (χ1v) is 13.6. The summed E-state index contributed by atoms with van der Waals surface area (Å²) in [6.07, 6.45) is 9.43. The van der Waals surface area contributed by atoms with E-state index >= 15 is 0 Å². The maximum absolute atomic E-state index is 13.6. The fourth-order valence-corrected chi connectivity index (χ4v) is 4.81. The largest absolute Gasteiger partial charge is 0.357 e. The molecule has 0 radical (unpaired) electrons. The molecule has 5 aromatic rings. The SMILES string of the molecule is C=C/C=C(/c1ccc(F)cc1)c1cc(-c2n[nH]c3ccc(C(/C=C(\C=C)NC(=C)c4ccccc4)=C/C)nc23)[nH]c1C. The third-order valence-electron chi connectivity index (χ3n) is 6.96. The van der Waals surface area contributed by atoms with Gasteiger partial charge in [-0.1, -0.05) is 80.4 Å². The molecule has 208 valence electrons. The van der Waals surface area contributed by atoms with E-state index in [9.17, 15) is 4.39 Å². The number of aromatic amines is 2. The molecule has 3 heterocycles. The van der Waals surface area contributed by atoms with Crippen molar-refractivity contribution in [2.45, 2.75) is 13.8 Å². The molecule has 0 aliphatic heterocycles. The second-order valence-electron chi connectivity index (χ2n) is 9.73. The van der Waals surface area contributed by atoms with E-state index < -0.39 is 0 Å². The number of allylic oxidation sites excluding steroid dienone is 6. The Bertz CT molecular complexity index is 1870. The Morgan fingerprint density at radius 1 is 0.976 bits per heavy atom. The lowest BCUT2D eigenvalue weighted by Gasteiger charge is -2.12. The predicted octanol–water partition coefficient (Wildman–Crippen LogP) is 8.75. The molecule has 3 aromatic heterocycles. The van der Waals surface area contributed by atoms with Crippen LogP contribution < -0.4 is 5.32 Å². The van der Waals surface area contributed by atoms with Crippen LogP contribution in [0.4, 0.5) is 4.39 Å². The molecule has 2 aromatic carbocycles. The minimum absolute atomic E-state index is 0.277. The number of nitrogens with zero attached hydrogens (tertiary/aromatic N) is 2. The van der Waals surface area contributed by atoms with Crippen LogP contribution in [0.5, 0.6) is 0 Å². The van der Waals surface area contributed by atoms with Crippen LogP contribution in [-0.4, -0.2) is 20.2 Å². The van der Waals surface area contributed by atoms with Crippen LogP contribution in [0.25, 0.3) is 39.3 Å². The maximum atomic E-state index is 13.6. The van der Waals surface area contributed by atoms with Crippen LogP contribution in [-0.2, 0) is 0 Å². The van der Waals surface area contributed by atoms with E-state index in [-0.39, 0.29) is 5.82 Å². The minimum Gasteiger partial charge on any atom is -0.357 e. The van der Waals surface area contributed by atoms with Crippen molar-refractivity contribution >= 4 is 27.9 Å². The first-order valence-electron chi connectivity index (χ1n) is 13.6. The average molecular weight is 554 g/mol. The van der Waals surface area contributed by atoms with Gasteiger partial charge in [0.15, 0.2) is 0 Å². The Morgan fingerprint density at radius 2 is 1.74 bits per heavy atom. The van der Waals surface area contributed by atoms with Crippen molar-refractivity contribution in [1.82, 2.24) is 25.5 Å². The molecule has 0 fully saturated rings. The van der Waals surface area contributed by atoms with Gasteiger partial charge in [0, 0.05) is 22.7 Å². The molecule has 0 bridgehead atoms. The van der Waals surface area contributed by atoms with Crippen LogP contribution in [0.3, 0.4) is 0 Å². The molecule has 0 unspecified atom stereocenters. The van der Waals surface area contributed by atoms with E-state index in [1.165, 1.54) is 12.1 Å². The number of benzene rings is 2. The normalized spacial score (nSPS) is 12.4. The number of fused-ring (bicyclic) bond motifs is 1. The molecule has 0 amide bonds. The highest BCUT2D eigenvalue weighted by Gasteiger charge is 2.17. The number of nitrogens with one attached hydrogen (secondary N) is 3. The summed E-state index contributed by atoms with van der Waals surface area (Å²) in [6.45, 7) is 16.0. The van der Waals surface area contributed by atoms with Gasteiger partial charge in [-0.2, -0.15) is 5.10 Å². The zero-order chi connectivity index (χ0) is 29.6. The van der Waals surface area contributed by atoms with Gasteiger partial charge in [-0.3, -0.25) is 5.10 Å². The predicted molar refractivity (Wildman–Crippen MR) is 173 cm³/mol. The third-order valence-corrected chi connectivity index (χ3v) is 6.96. The standard InChI is InChI=1S/C36H32FN5/c1-6-12-30(27-15-17-28(37)18-16-27)31-22-34(39-24(31)5)36-35-33(41-42-36)20-19-32(40-35)25(7-2)21-29(8-3)38-23(4)26-13-10-9-11-14-26/h6-22,38-39H,1,3-4H2,2,5H3,(H,41,42)/b25-7+,29-21+,30-12-. The number of rotatable bonds is 10. The van der Waals surface area contributed by atoms with E-state index in [1.807, 2.05) is 80.6 Å². The lowest BCUT2D eigenvalue weighted by molar-refractivity contribution is 0.627. The summed E-state index contributed by atoms with van der Waals surface area (Å²) in [5, 5.41) is 11.1. The van der Waals surface area contributed by atoms with Crippen LogP contribution in [0.15, 0.2) is 129 Å². The van der Waals surface area contributed by atoms with Crippen molar-refractivity contribution in [3.8, 4) is 11.4 Å². The first-order chi connectivity index (χ1) is 20.4. The molecule has 6 heteroatoms. The van der Waals surface area contributed by atoms with E-state index in [2.05, 4.69) is 40.2 Å². The van der Waals surface area contributed by atoms with Gasteiger partial charge in [-0.25, -0.2) is 9.37 Å². The Kier molecular flexibility index (Phi) is 8.25. The van der Waals surface area contributed by atoms with Crippen molar-refractivity contribution in [3.63, 3.8) is 0 Å². The zero-order valence-electron chi connectivity index (χ0n) is 23.7. The van der Waals surface area contributed by atoms with Gasteiger partial charge < -0.3 is 10.3 Å². The second-order valence-corrected chi connectivity index (χ2v) is 9.73. The molecule has 0 aliphatic carbocycles. The molecule has 0 atom stereocenters. The number of aromatic nitrogens is 4. The Labute approximate surface area is 245 Å².